The molecule has 0 nitrogen and oxygen atoms in total. The van der Waals surface area contributed by atoms with Crippen LogP contribution < -0.4 is 0 Å². The molecule has 0 atom stereocenters. The van der Waals surface area contributed by atoms with Gasteiger partial charge in [0.05, 0.1) is 0 Å². The van der Waals surface area contributed by atoms with Crippen LogP contribution in [0, 0.1) is 0 Å². The van der Waals surface area contributed by atoms with Crippen molar-refractivity contribution < 1.29 is 0 Å². The largest absolute Gasteiger partial charge is 0.0617 e. The van der Waals surface area contributed by atoms with Crippen LogP contribution in [0.2, 0.25) is 0 Å². The van der Waals surface area contributed by atoms with E-state index in [2.05, 4.69) is 267 Å². The summed E-state index contributed by atoms with van der Waals surface area (Å²) in [5, 5.41) is 18.0. The van der Waals surface area contributed by atoms with Gasteiger partial charge in [-0.15, -0.1) is 0 Å². The van der Waals surface area contributed by atoms with Gasteiger partial charge >= 0.3 is 384 Å². The Labute approximate surface area is 429 Å². The van der Waals surface area contributed by atoms with E-state index in [9.17, 15) is 0 Å². The molecule has 1 aromatic heterocycles. The molecule has 338 valence electrons. The third kappa shape index (κ3) is 6.53. The van der Waals surface area contributed by atoms with Crippen LogP contribution in [0.3, 0.4) is 0 Å². The van der Waals surface area contributed by atoms with Gasteiger partial charge in [0.1, 0.15) is 0 Å². The van der Waals surface area contributed by atoms with E-state index in [0.29, 0.717) is 0 Å². The third-order valence-electron chi connectivity index (χ3n) is 15.5. The summed E-state index contributed by atoms with van der Waals surface area (Å²) in [6, 6.07) is 99.7. The summed E-state index contributed by atoms with van der Waals surface area (Å²) in [7, 11) is 0. The standard InChI is InChI=1S/C72H44Se/c1-3-20-45(21-4-1)48-40-42-63(52-26-9-7-24-50(48)52)69-57-30-13-11-28-55(57)68(56-29-12-14-31-58(56)69)47-38-39-54-65-36-19-37-66(72(65)73-67(54)44-47)71-61-34-17-15-32-59(61)70(60-33-16-18-35-62(60)71)64-43-41-49(46-22-5-2-6-23-46)51-25-8-10-27-53(51)64/h1-44H. The summed E-state index contributed by atoms with van der Waals surface area (Å²) in [5.41, 5.74) is 15.3. The molecule has 0 fully saturated rings. The van der Waals surface area contributed by atoms with Gasteiger partial charge in [-0.1, -0.05) is 48.5 Å². The zero-order valence-corrected chi connectivity index (χ0v) is 41.5. The second kappa shape index (κ2) is 16.9. The van der Waals surface area contributed by atoms with E-state index in [1.165, 1.54) is 151 Å². The van der Waals surface area contributed by atoms with E-state index >= 15 is 0 Å². The molecule has 0 amide bonds. The molecule has 0 bridgehead atoms. The Bertz CT molecular complexity index is 4600. The van der Waals surface area contributed by atoms with Crippen LogP contribution in [0.4, 0.5) is 0 Å². The van der Waals surface area contributed by atoms with Crippen molar-refractivity contribution in [3.8, 4) is 66.8 Å². The van der Waals surface area contributed by atoms with Crippen molar-refractivity contribution in [2.45, 2.75) is 0 Å². The van der Waals surface area contributed by atoms with Crippen molar-refractivity contribution in [3.05, 3.63) is 267 Å². The fourth-order valence-electron chi connectivity index (χ4n) is 12.4. The van der Waals surface area contributed by atoms with Crippen LogP contribution >= 0.6 is 0 Å². The molecular weight excluding hydrogens is 944 g/mol. The average molecular weight is 988 g/mol. The van der Waals surface area contributed by atoms with E-state index in [1.807, 2.05) is 0 Å². The molecule has 15 rings (SSSR count). The van der Waals surface area contributed by atoms with E-state index in [0.717, 1.165) is 0 Å². The Balaban J connectivity index is 0.926. The Hall–Kier alpha value is -8.84. The molecule has 1 heterocycles. The van der Waals surface area contributed by atoms with Crippen molar-refractivity contribution in [1.29, 1.82) is 0 Å². The number of hydrogen-bond acceptors (Lipinski definition) is 0. The Morgan fingerprint density at radius 1 is 0.178 bits per heavy atom. The predicted octanol–water partition coefficient (Wildman–Crippen LogP) is 20.0. The van der Waals surface area contributed by atoms with Crippen LogP contribution in [0.25, 0.3) is 151 Å². The topological polar surface area (TPSA) is 0 Å². The molecule has 0 aliphatic heterocycles. The molecular formula is C72H44Se. The maximum atomic E-state index is 2.53. The Morgan fingerprint density at radius 2 is 0.507 bits per heavy atom. The fraction of sp³-hybridized carbons (Fsp3) is 0. The summed E-state index contributed by atoms with van der Waals surface area (Å²) in [4.78, 5) is 0. The number of benzene rings is 14. The van der Waals surface area contributed by atoms with E-state index in [4.69, 9.17) is 0 Å². The summed E-state index contributed by atoms with van der Waals surface area (Å²) in [6.07, 6.45) is 0. The molecule has 15 aromatic rings. The van der Waals surface area contributed by atoms with Crippen LogP contribution in [-0.4, -0.2) is 14.5 Å². The molecule has 0 spiro atoms. The minimum absolute atomic E-state index is 0.0621. The molecule has 14 aromatic carbocycles. The molecule has 0 unspecified atom stereocenters. The van der Waals surface area contributed by atoms with E-state index in [-0.39, 0.29) is 14.5 Å². The third-order valence-corrected chi connectivity index (χ3v) is 18.0. The summed E-state index contributed by atoms with van der Waals surface area (Å²) < 4.78 is 2.89. The quantitative estimate of drug-likeness (QED) is 0.115. The molecule has 73 heavy (non-hydrogen) atoms. The summed E-state index contributed by atoms with van der Waals surface area (Å²) in [6.45, 7) is 0. The number of fused-ring (bicyclic) bond motifs is 9. The van der Waals surface area contributed by atoms with E-state index in [1.54, 1.807) is 0 Å². The predicted molar refractivity (Wildman–Crippen MR) is 316 cm³/mol. The molecule has 0 radical (unpaired) electrons. The van der Waals surface area contributed by atoms with Crippen molar-refractivity contribution in [1.82, 2.24) is 0 Å². The van der Waals surface area contributed by atoms with Crippen molar-refractivity contribution in [2.24, 2.45) is 0 Å². The second-order valence-corrected chi connectivity index (χ2v) is 21.5. The molecule has 0 aliphatic rings. The monoisotopic (exact) mass is 988 g/mol. The zero-order valence-electron chi connectivity index (χ0n) is 39.8. The second-order valence-electron chi connectivity index (χ2n) is 19.3. The Kier molecular flexibility index (Phi) is 9.70. The zero-order chi connectivity index (χ0) is 48.0. The van der Waals surface area contributed by atoms with Gasteiger partial charge in [-0.3, -0.25) is 0 Å². The van der Waals surface area contributed by atoms with Crippen LogP contribution in [0.1, 0.15) is 0 Å². The Morgan fingerprint density at radius 3 is 0.932 bits per heavy atom. The number of rotatable bonds is 6. The fourth-order valence-corrected chi connectivity index (χ4v) is 15.0. The summed E-state index contributed by atoms with van der Waals surface area (Å²) >= 11 is 0.0621. The summed E-state index contributed by atoms with van der Waals surface area (Å²) in [5.74, 6) is 0. The van der Waals surface area contributed by atoms with Crippen molar-refractivity contribution in [2.75, 3.05) is 0 Å². The van der Waals surface area contributed by atoms with Crippen LogP contribution in [-0.2, 0) is 0 Å². The van der Waals surface area contributed by atoms with Gasteiger partial charge in [0.2, 0.25) is 0 Å². The van der Waals surface area contributed by atoms with Gasteiger partial charge < -0.3 is 0 Å². The SMILES string of the molecule is c1ccc(-c2ccc(-c3c4ccccc4c(-c4ccc5c(c4)[se]c4c(-c6c7ccccc7c(-c7ccc(-c8ccccc8)c8ccccc78)c7ccccc67)cccc45)c4ccccc34)c3ccccc23)cc1. The molecule has 0 aliphatic carbocycles. The van der Waals surface area contributed by atoms with Gasteiger partial charge in [0, 0.05) is 0 Å². The van der Waals surface area contributed by atoms with E-state index < -0.39 is 0 Å². The first-order valence-electron chi connectivity index (χ1n) is 25.2. The smallest absolute Gasteiger partial charge is 0.0544 e. The first-order valence-corrected chi connectivity index (χ1v) is 27.0. The number of hydrogen-bond donors (Lipinski definition) is 0. The van der Waals surface area contributed by atoms with Gasteiger partial charge in [0.15, 0.2) is 0 Å². The van der Waals surface area contributed by atoms with Crippen LogP contribution in [0.15, 0.2) is 267 Å². The first-order chi connectivity index (χ1) is 36.3. The minimum atomic E-state index is 0.0621. The maximum Gasteiger partial charge on any atom is -0.0544 e. The molecule has 0 saturated heterocycles. The van der Waals surface area contributed by atoms with Gasteiger partial charge in [0.25, 0.3) is 0 Å². The minimum Gasteiger partial charge on any atom is -0.0617 e. The molecule has 0 saturated carbocycles. The average Bonchev–Trinajstić information content (AvgIpc) is 3.84. The molecule has 0 N–H and O–H groups in total. The first kappa shape index (κ1) is 41.9. The maximum absolute atomic E-state index is 2.53. The van der Waals surface area contributed by atoms with Crippen LogP contribution in [0.5, 0.6) is 0 Å². The van der Waals surface area contributed by atoms with Gasteiger partial charge in [-0.2, -0.15) is 0 Å². The van der Waals surface area contributed by atoms with Gasteiger partial charge in [-0.25, -0.2) is 0 Å². The van der Waals surface area contributed by atoms with Gasteiger partial charge in [-0.05, 0) is 0 Å². The van der Waals surface area contributed by atoms with Crippen molar-refractivity contribution >= 4 is 98.4 Å². The van der Waals surface area contributed by atoms with Crippen molar-refractivity contribution in [3.63, 3.8) is 0 Å². The molecule has 1 heteroatoms. The normalized spacial score (nSPS) is 11.8.